The molecule has 2 heteroatoms. The number of ketones is 1. The van der Waals surface area contributed by atoms with Crippen molar-refractivity contribution in [2.45, 2.75) is 38.9 Å². The van der Waals surface area contributed by atoms with Gasteiger partial charge in [-0.15, -0.1) is 0 Å². The van der Waals surface area contributed by atoms with Gasteiger partial charge in [0.15, 0.2) is 5.78 Å². The minimum atomic E-state index is -0.0612. The van der Waals surface area contributed by atoms with Crippen molar-refractivity contribution in [2.75, 3.05) is 0 Å². The highest BCUT2D eigenvalue weighted by Crippen LogP contribution is 2.40. The number of carbonyl (C=O) groups excluding carboxylic acids is 1. The Morgan fingerprint density at radius 2 is 1.94 bits per heavy atom. The van der Waals surface area contributed by atoms with E-state index in [-0.39, 0.29) is 16.0 Å². The number of benzene rings is 1. The summed E-state index contributed by atoms with van der Waals surface area (Å²) in [5.74, 6) is 0.240. The fourth-order valence-electron chi connectivity index (χ4n) is 2.61. The van der Waals surface area contributed by atoms with E-state index in [1.807, 2.05) is 6.92 Å². The molecule has 1 aromatic carbocycles. The number of hydrogen-bond acceptors (Lipinski definition) is 1. The second-order valence-corrected chi connectivity index (χ2v) is 6.42. The SMILES string of the molecule is Cc1cc(C)c2c(c1)CC(C)(C)[C@H](Br)C2=O. The molecule has 0 amide bonds. The number of rotatable bonds is 0. The fraction of sp³-hybridized carbons (Fsp3) is 0.500. The van der Waals surface area contributed by atoms with Crippen molar-refractivity contribution in [3.63, 3.8) is 0 Å². The molecule has 1 aromatic rings. The number of fused-ring (bicyclic) bond motifs is 1. The highest BCUT2D eigenvalue weighted by atomic mass is 79.9. The van der Waals surface area contributed by atoms with Crippen LogP contribution in [0.1, 0.15) is 40.9 Å². The van der Waals surface area contributed by atoms with Gasteiger partial charge in [0.2, 0.25) is 0 Å². The van der Waals surface area contributed by atoms with Crippen LogP contribution < -0.4 is 0 Å². The maximum absolute atomic E-state index is 12.3. The second kappa shape index (κ2) is 3.69. The van der Waals surface area contributed by atoms with Gasteiger partial charge in [-0.2, -0.15) is 0 Å². The highest BCUT2D eigenvalue weighted by Gasteiger charge is 2.40. The van der Waals surface area contributed by atoms with Gasteiger partial charge >= 0.3 is 0 Å². The van der Waals surface area contributed by atoms with Gasteiger partial charge in [0, 0.05) is 5.56 Å². The summed E-state index contributed by atoms with van der Waals surface area (Å²) in [6.07, 6.45) is 0.965. The Morgan fingerprint density at radius 3 is 2.56 bits per heavy atom. The van der Waals surface area contributed by atoms with Crippen LogP contribution in [0, 0.1) is 19.3 Å². The second-order valence-electron chi connectivity index (χ2n) is 5.51. The lowest BCUT2D eigenvalue weighted by atomic mass is 9.72. The molecule has 0 spiro atoms. The van der Waals surface area contributed by atoms with E-state index in [9.17, 15) is 4.79 Å². The first-order chi connectivity index (χ1) is 7.33. The van der Waals surface area contributed by atoms with E-state index in [1.54, 1.807) is 0 Å². The van der Waals surface area contributed by atoms with E-state index < -0.39 is 0 Å². The first-order valence-corrected chi connectivity index (χ1v) is 6.53. The Kier molecular flexibility index (Phi) is 2.73. The molecule has 0 N–H and O–H groups in total. The molecule has 1 nitrogen and oxygen atoms in total. The summed E-state index contributed by atoms with van der Waals surface area (Å²) in [6, 6.07) is 4.25. The van der Waals surface area contributed by atoms with Gasteiger partial charge in [0.25, 0.3) is 0 Å². The largest absolute Gasteiger partial charge is 0.293 e. The first-order valence-electron chi connectivity index (χ1n) is 5.61. The third-order valence-electron chi connectivity index (χ3n) is 3.37. The smallest absolute Gasteiger partial charge is 0.177 e. The van der Waals surface area contributed by atoms with E-state index in [2.05, 4.69) is 48.8 Å². The lowest BCUT2D eigenvalue weighted by molar-refractivity contribution is 0.0928. The van der Waals surface area contributed by atoms with Gasteiger partial charge in [-0.05, 0) is 36.8 Å². The zero-order chi connectivity index (χ0) is 12.1. The molecule has 0 saturated carbocycles. The summed E-state index contributed by atoms with van der Waals surface area (Å²) in [7, 11) is 0. The Bertz CT molecular complexity index is 460. The quantitative estimate of drug-likeness (QED) is 0.660. The van der Waals surface area contributed by atoms with Crippen LogP contribution >= 0.6 is 15.9 Å². The standard InChI is InChI=1S/C14H17BrO/c1-8-5-9(2)11-10(6-8)7-14(3,4)13(15)12(11)16/h5-6,13H,7H2,1-4H3/t13-/m1/s1. The minimum absolute atomic E-state index is 0.00428. The molecule has 0 radical (unpaired) electrons. The average Bonchev–Trinajstić information content (AvgIpc) is 2.12. The van der Waals surface area contributed by atoms with Crippen molar-refractivity contribution >= 4 is 21.7 Å². The molecule has 0 fully saturated rings. The monoisotopic (exact) mass is 280 g/mol. The number of aryl methyl sites for hydroxylation is 2. The normalized spacial score (nSPS) is 23.1. The summed E-state index contributed by atoms with van der Waals surface area (Å²) in [5, 5.41) is 0. The van der Waals surface area contributed by atoms with Crippen LogP contribution in [0.4, 0.5) is 0 Å². The minimum Gasteiger partial charge on any atom is -0.293 e. The highest BCUT2D eigenvalue weighted by molar-refractivity contribution is 9.10. The fourth-order valence-corrected chi connectivity index (χ4v) is 3.00. The maximum atomic E-state index is 12.3. The van der Waals surface area contributed by atoms with Crippen LogP contribution in [-0.2, 0) is 6.42 Å². The Morgan fingerprint density at radius 1 is 1.31 bits per heavy atom. The van der Waals surface area contributed by atoms with Crippen LogP contribution in [0.25, 0.3) is 0 Å². The molecule has 0 saturated heterocycles. The molecule has 0 unspecified atom stereocenters. The molecule has 0 heterocycles. The molecular weight excluding hydrogens is 264 g/mol. The van der Waals surface area contributed by atoms with E-state index in [0.717, 1.165) is 17.5 Å². The number of halogens is 1. The zero-order valence-corrected chi connectivity index (χ0v) is 11.8. The summed E-state index contributed by atoms with van der Waals surface area (Å²) < 4.78 is 0. The van der Waals surface area contributed by atoms with Crippen LogP contribution in [0.15, 0.2) is 12.1 Å². The van der Waals surface area contributed by atoms with Gasteiger partial charge in [0.1, 0.15) is 0 Å². The van der Waals surface area contributed by atoms with Gasteiger partial charge in [-0.1, -0.05) is 47.5 Å². The molecule has 1 aliphatic carbocycles. The average molecular weight is 281 g/mol. The maximum Gasteiger partial charge on any atom is 0.177 e. The molecule has 2 rings (SSSR count). The van der Waals surface area contributed by atoms with Crippen molar-refractivity contribution in [2.24, 2.45) is 5.41 Å². The van der Waals surface area contributed by atoms with Gasteiger partial charge in [-0.25, -0.2) is 0 Å². The number of hydrogen-bond donors (Lipinski definition) is 0. The number of carbonyl (C=O) groups is 1. The molecule has 86 valence electrons. The van der Waals surface area contributed by atoms with Crippen molar-refractivity contribution in [1.82, 2.24) is 0 Å². The topological polar surface area (TPSA) is 17.1 Å². The zero-order valence-electron chi connectivity index (χ0n) is 10.2. The van der Waals surface area contributed by atoms with E-state index >= 15 is 0 Å². The summed E-state index contributed by atoms with van der Waals surface area (Å²) in [6.45, 7) is 8.41. The Labute approximate surface area is 105 Å². The Balaban J connectivity index is 2.64. The van der Waals surface area contributed by atoms with Gasteiger partial charge in [-0.3, -0.25) is 4.79 Å². The molecular formula is C14H17BrO. The predicted molar refractivity (Wildman–Crippen MR) is 70.4 cm³/mol. The third-order valence-corrected chi connectivity index (χ3v) is 5.03. The van der Waals surface area contributed by atoms with Crippen molar-refractivity contribution < 1.29 is 4.79 Å². The predicted octanol–water partition coefficient (Wildman–Crippen LogP) is 3.83. The molecule has 0 aliphatic heterocycles. The van der Waals surface area contributed by atoms with Crippen LogP contribution in [0.3, 0.4) is 0 Å². The molecule has 0 aromatic heterocycles. The van der Waals surface area contributed by atoms with Crippen LogP contribution in [-0.4, -0.2) is 10.6 Å². The lowest BCUT2D eigenvalue weighted by Gasteiger charge is -2.36. The van der Waals surface area contributed by atoms with Gasteiger partial charge in [0.05, 0.1) is 4.83 Å². The van der Waals surface area contributed by atoms with Crippen LogP contribution in [0.2, 0.25) is 0 Å². The Hall–Kier alpha value is -0.630. The summed E-state index contributed by atoms with van der Waals surface area (Å²) in [4.78, 5) is 12.3. The molecule has 1 atom stereocenters. The number of alkyl halides is 1. The summed E-state index contributed by atoms with van der Waals surface area (Å²) >= 11 is 3.55. The lowest BCUT2D eigenvalue weighted by Crippen LogP contribution is -2.39. The molecule has 16 heavy (non-hydrogen) atoms. The van der Waals surface area contributed by atoms with Crippen molar-refractivity contribution in [1.29, 1.82) is 0 Å². The van der Waals surface area contributed by atoms with Gasteiger partial charge < -0.3 is 0 Å². The van der Waals surface area contributed by atoms with Crippen molar-refractivity contribution in [3.05, 3.63) is 34.4 Å². The molecule has 0 bridgehead atoms. The third kappa shape index (κ3) is 1.73. The van der Waals surface area contributed by atoms with Crippen LogP contribution in [0.5, 0.6) is 0 Å². The molecule has 1 aliphatic rings. The number of Topliss-reactive ketones (excluding diaryl/α,β-unsaturated/α-hetero) is 1. The van der Waals surface area contributed by atoms with E-state index in [1.165, 1.54) is 11.1 Å². The first kappa shape index (κ1) is 11.8. The van der Waals surface area contributed by atoms with E-state index in [4.69, 9.17) is 0 Å². The van der Waals surface area contributed by atoms with E-state index in [0.29, 0.717) is 0 Å². The van der Waals surface area contributed by atoms with Crippen molar-refractivity contribution in [3.8, 4) is 0 Å². The summed E-state index contributed by atoms with van der Waals surface area (Å²) in [5.41, 5.74) is 4.51.